The standard InChI is InChI=1S/C29H31FN4O/c1-19-14-33(18-32-19)27-9-4-21(24-7-8-25(24)27)12-22-13-29(16-35-17-29)15-34-26(10-11-31-28(22)34)20-2-5-23(30)6-3-20/h2-6,9,14,18,22,26H,7-8,10-13,15-17H2,1H3. The Morgan fingerprint density at radius 3 is 2.60 bits per heavy atom. The molecular weight excluding hydrogens is 439 g/mol. The van der Waals surface area contributed by atoms with Crippen LogP contribution in [0.4, 0.5) is 4.39 Å². The van der Waals surface area contributed by atoms with Crippen LogP contribution in [-0.2, 0) is 24.0 Å². The van der Waals surface area contributed by atoms with E-state index in [1.807, 2.05) is 25.4 Å². The molecule has 2 aromatic carbocycles. The summed E-state index contributed by atoms with van der Waals surface area (Å²) in [7, 11) is 0. The molecule has 0 bridgehead atoms. The first-order valence-corrected chi connectivity index (χ1v) is 12.9. The Hall–Kier alpha value is -2.99. The Balaban J connectivity index is 1.21. The van der Waals surface area contributed by atoms with Crippen LogP contribution >= 0.6 is 0 Å². The van der Waals surface area contributed by atoms with Gasteiger partial charge in [-0.1, -0.05) is 18.2 Å². The average Bonchev–Trinajstić information content (AvgIpc) is 3.25. The highest BCUT2D eigenvalue weighted by Crippen LogP contribution is 2.46. The third kappa shape index (κ3) is 3.53. The van der Waals surface area contributed by atoms with Gasteiger partial charge in [-0.3, -0.25) is 4.99 Å². The predicted octanol–water partition coefficient (Wildman–Crippen LogP) is 4.84. The molecule has 35 heavy (non-hydrogen) atoms. The smallest absolute Gasteiger partial charge is 0.123 e. The molecule has 0 saturated carbocycles. The lowest BCUT2D eigenvalue weighted by Crippen LogP contribution is -2.60. The van der Waals surface area contributed by atoms with Gasteiger partial charge in [0.15, 0.2) is 0 Å². The molecule has 2 unspecified atom stereocenters. The zero-order chi connectivity index (χ0) is 23.6. The Bertz CT molecular complexity index is 1310. The number of aryl methyl sites for hydroxylation is 1. The van der Waals surface area contributed by atoms with Gasteiger partial charge in [-0.05, 0) is 79.5 Å². The summed E-state index contributed by atoms with van der Waals surface area (Å²) in [6, 6.07) is 12.0. The van der Waals surface area contributed by atoms with Crippen molar-refractivity contribution in [3.63, 3.8) is 0 Å². The molecule has 0 amide bonds. The summed E-state index contributed by atoms with van der Waals surface area (Å²) in [4.78, 5) is 12.1. The van der Waals surface area contributed by atoms with Crippen molar-refractivity contribution in [1.82, 2.24) is 14.5 Å². The fraction of sp³-hybridized carbons (Fsp3) is 0.448. The number of piperidine rings is 1. The van der Waals surface area contributed by atoms with Crippen molar-refractivity contribution in [1.29, 1.82) is 0 Å². The molecule has 1 aromatic heterocycles. The van der Waals surface area contributed by atoms with Crippen molar-refractivity contribution >= 4 is 5.84 Å². The molecule has 4 aliphatic rings. The van der Waals surface area contributed by atoms with E-state index >= 15 is 0 Å². The highest BCUT2D eigenvalue weighted by molar-refractivity contribution is 5.87. The van der Waals surface area contributed by atoms with E-state index in [9.17, 15) is 4.39 Å². The third-order valence-corrected chi connectivity index (χ3v) is 8.55. The number of hydrogen-bond donors (Lipinski definition) is 0. The van der Waals surface area contributed by atoms with Gasteiger partial charge in [0.05, 0.1) is 31.3 Å². The predicted molar refractivity (Wildman–Crippen MR) is 134 cm³/mol. The van der Waals surface area contributed by atoms with E-state index in [1.54, 1.807) is 12.1 Å². The number of rotatable bonds is 4. The van der Waals surface area contributed by atoms with Gasteiger partial charge < -0.3 is 14.2 Å². The molecule has 2 fully saturated rings. The zero-order valence-electron chi connectivity index (χ0n) is 20.2. The lowest BCUT2D eigenvalue weighted by molar-refractivity contribution is -0.140. The lowest BCUT2D eigenvalue weighted by atomic mass is 9.69. The summed E-state index contributed by atoms with van der Waals surface area (Å²) in [5, 5.41) is 0. The van der Waals surface area contributed by atoms with Crippen LogP contribution in [0.1, 0.15) is 46.8 Å². The Morgan fingerprint density at radius 2 is 1.91 bits per heavy atom. The second-order valence-corrected chi connectivity index (χ2v) is 10.9. The minimum absolute atomic E-state index is 0.175. The van der Waals surface area contributed by atoms with Crippen LogP contribution in [0.25, 0.3) is 5.69 Å². The quantitative estimate of drug-likeness (QED) is 0.548. The first-order chi connectivity index (χ1) is 17.1. The summed E-state index contributed by atoms with van der Waals surface area (Å²) in [5.74, 6) is 1.47. The van der Waals surface area contributed by atoms with E-state index in [0.29, 0.717) is 5.92 Å². The number of nitrogens with zero attached hydrogens (tertiary/aromatic N) is 4. The van der Waals surface area contributed by atoms with Gasteiger partial charge in [0.1, 0.15) is 11.7 Å². The van der Waals surface area contributed by atoms with Crippen molar-refractivity contribution < 1.29 is 9.13 Å². The lowest BCUT2D eigenvalue weighted by Gasteiger charge is -2.55. The van der Waals surface area contributed by atoms with Crippen molar-refractivity contribution in [3.05, 3.63) is 82.7 Å². The van der Waals surface area contributed by atoms with Crippen molar-refractivity contribution in [3.8, 4) is 5.69 Å². The first-order valence-electron chi connectivity index (χ1n) is 12.9. The fourth-order valence-electron chi connectivity index (χ4n) is 6.74. The van der Waals surface area contributed by atoms with Crippen LogP contribution in [0, 0.1) is 24.1 Å². The van der Waals surface area contributed by atoms with Crippen LogP contribution in [0.15, 0.2) is 53.9 Å². The van der Waals surface area contributed by atoms with E-state index in [1.165, 1.54) is 33.8 Å². The van der Waals surface area contributed by atoms with E-state index in [0.717, 1.165) is 64.1 Å². The second-order valence-electron chi connectivity index (χ2n) is 10.9. The number of hydrogen-bond acceptors (Lipinski definition) is 4. The molecule has 5 nitrogen and oxygen atoms in total. The Kier molecular flexibility index (Phi) is 4.88. The first kappa shape index (κ1) is 21.3. The van der Waals surface area contributed by atoms with Gasteiger partial charge in [0.2, 0.25) is 0 Å². The number of benzene rings is 2. The average molecular weight is 471 g/mol. The molecule has 1 spiro atoms. The van der Waals surface area contributed by atoms with Gasteiger partial charge in [0.25, 0.3) is 0 Å². The van der Waals surface area contributed by atoms with Crippen molar-refractivity contribution in [2.45, 2.75) is 45.1 Å². The molecular formula is C29H31FN4O. The maximum atomic E-state index is 13.6. The number of ether oxygens (including phenoxy) is 1. The normalized spacial score (nSPS) is 24.3. The molecule has 6 heteroatoms. The topological polar surface area (TPSA) is 42.6 Å². The number of halogens is 1. The van der Waals surface area contributed by atoms with E-state index in [2.05, 4.69) is 32.8 Å². The van der Waals surface area contributed by atoms with Gasteiger partial charge in [-0.2, -0.15) is 0 Å². The maximum absolute atomic E-state index is 13.6. The van der Waals surface area contributed by atoms with Crippen LogP contribution in [-0.4, -0.2) is 46.6 Å². The Labute approximate surface area is 205 Å². The van der Waals surface area contributed by atoms with Gasteiger partial charge in [-0.25, -0.2) is 9.37 Å². The largest absolute Gasteiger partial charge is 0.380 e. The van der Waals surface area contributed by atoms with Crippen molar-refractivity contribution in [2.75, 3.05) is 26.3 Å². The number of aliphatic imine (C=N–C) groups is 1. The van der Waals surface area contributed by atoms with E-state index in [-0.39, 0.29) is 17.3 Å². The highest BCUT2D eigenvalue weighted by Gasteiger charge is 2.50. The number of fused-ring (bicyclic) bond motifs is 2. The summed E-state index contributed by atoms with van der Waals surface area (Å²) in [5.41, 5.74) is 8.19. The maximum Gasteiger partial charge on any atom is 0.123 e. The number of imidazole rings is 1. The molecule has 180 valence electrons. The summed E-state index contributed by atoms with van der Waals surface area (Å²) >= 11 is 0. The van der Waals surface area contributed by atoms with E-state index in [4.69, 9.17) is 9.73 Å². The summed E-state index contributed by atoms with van der Waals surface area (Å²) in [6.07, 6.45) is 9.47. The van der Waals surface area contributed by atoms with Crippen LogP contribution in [0.3, 0.4) is 0 Å². The van der Waals surface area contributed by atoms with Crippen molar-refractivity contribution in [2.24, 2.45) is 16.3 Å². The fourth-order valence-corrected chi connectivity index (χ4v) is 6.74. The second kappa shape index (κ2) is 8.02. The third-order valence-electron chi connectivity index (χ3n) is 8.55. The van der Waals surface area contributed by atoms with Gasteiger partial charge in [-0.15, -0.1) is 0 Å². The summed E-state index contributed by atoms with van der Waals surface area (Å²) < 4.78 is 21.5. The van der Waals surface area contributed by atoms with Crippen LogP contribution in [0.5, 0.6) is 0 Å². The minimum Gasteiger partial charge on any atom is -0.380 e. The minimum atomic E-state index is -0.175. The molecule has 3 aromatic rings. The molecule has 2 saturated heterocycles. The molecule has 2 atom stereocenters. The monoisotopic (exact) mass is 470 g/mol. The van der Waals surface area contributed by atoms with Crippen LogP contribution in [0.2, 0.25) is 0 Å². The highest BCUT2D eigenvalue weighted by atomic mass is 19.1. The molecule has 7 rings (SSSR count). The summed E-state index contributed by atoms with van der Waals surface area (Å²) in [6.45, 7) is 5.53. The molecule has 4 heterocycles. The molecule has 1 aliphatic carbocycles. The number of aromatic nitrogens is 2. The van der Waals surface area contributed by atoms with Gasteiger partial charge in [0, 0.05) is 36.3 Å². The van der Waals surface area contributed by atoms with E-state index < -0.39 is 0 Å². The van der Waals surface area contributed by atoms with Gasteiger partial charge >= 0.3 is 0 Å². The van der Waals surface area contributed by atoms with Crippen LogP contribution < -0.4 is 0 Å². The SMILES string of the molecule is Cc1cn(-c2ccc(CC3CC4(COC4)CN4C3=NCCC4c3ccc(F)cc3)c3c2CC3)cn1. The molecule has 0 N–H and O–H groups in total. The molecule has 0 radical (unpaired) electrons. The zero-order valence-corrected chi connectivity index (χ0v) is 20.2. The number of amidine groups is 1. The Morgan fingerprint density at radius 1 is 1.09 bits per heavy atom. The molecule has 3 aliphatic heterocycles.